The number of carbonyl (C=O) groups excluding carboxylic acids is 1. The Labute approximate surface area is 140 Å². The number of hydrogen-bond donors (Lipinski definition) is 1. The van der Waals surface area contributed by atoms with Crippen LogP contribution in [-0.2, 0) is 19.5 Å². The number of carboxylic acids is 1. The highest BCUT2D eigenvalue weighted by molar-refractivity contribution is 5.96. The number of aromatic nitrogens is 2. The highest BCUT2D eigenvalue weighted by Crippen LogP contribution is 2.24. The van der Waals surface area contributed by atoms with E-state index in [4.69, 9.17) is 5.11 Å². The van der Waals surface area contributed by atoms with Crippen molar-refractivity contribution >= 4 is 11.9 Å². The molecule has 1 aromatic heterocycles. The number of hydrogen-bond acceptors (Lipinski definition) is 3. The molecular weight excluding hydrogens is 306 g/mol. The van der Waals surface area contributed by atoms with Gasteiger partial charge in [-0.05, 0) is 50.5 Å². The van der Waals surface area contributed by atoms with E-state index in [0.29, 0.717) is 18.7 Å². The lowest BCUT2D eigenvalue weighted by molar-refractivity contribution is 0.0696. The van der Waals surface area contributed by atoms with Crippen LogP contribution in [-0.4, -0.2) is 38.2 Å². The Morgan fingerprint density at radius 1 is 1.25 bits per heavy atom. The third-order valence-corrected chi connectivity index (χ3v) is 4.65. The summed E-state index contributed by atoms with van der Waals surface area (Å²) in [5.74, 6) is -0.978. The zero-order valence-electron chi connectivity index (χ0n) is 14.2. The van der Waals surface area contributed by atoms with Gasteiger partial charge in [0.05, 0.1) is 16.8 Å². The fraction of sp³-hybridized carbons (Fsp3) is 0.389. The van der Waals surface area contributed by atoms with Gasteiger partial charge in [0.15, 0.2) is 0 Å². The van der Waals surface area contributed by atoms with Gasteiger partial charge in [0.25, 0.3) is 5.91 Å². The quantitative estimate of drug-likeness (QED) is 0.939. The lowest BCUT2D eigenvalue weighted by Crippen LogP contribution is -2.36. The maximum Gasteiger partial charge on any atom is 0.335 e. The summed E-state index contributed by atoms with van der Waals surface area (Å²) in [6.07, 6.45) is 0.737. The van der Waals surface area contributed by atoms with Crippen LogP contribution in [0.25, 0.3) is 0 Å². The van der Waals surface area contributed by atoms with Crippen LogP contribution in [0.5, 0.6) is 0 Å². The van der Waals surface area contributed by atoms with Crippen molar-refractivity contribution in [2.24, 2.45) is 0 Å². The van der Waals surface area contributed by atoms with Gasteiger partial charge in [0, 0.05) is 25.3 Å². The Balaban J connectivity index is 1.90. The van der Waals surface area contributed by atoms with E-state index < -0.39 is 5.97 Å². The van der Waals surface area contributed by atoms with Crippen LogP contribution in [0, 0.1) is 13.8 Å². The first-order valence-electron chi connectivity index (χ1n) is 8.10. The summed E-state index contributed by atoms with van der Waals surface area (Å²) in [7, 11) is 0. The molecule has 0 fully saturated rings. The van der Waals surface area contributed by atoms with Gasteiger partial charge < -0.3 is 10.0 Å². The second-order valence-corrected chi connectivity index (χ2v) is 6.13. The molecule has 0 spiro atoms. The number of aryl methyl sites for hydroxylation is 2. The molecular formula is C18H21N3O3. The molecule has 0 bridgehead atoms. The maximum atomic E-state index is 13.0. The number of fused-ring (bicyclic) bond motifs is 1. The second-order valence-electron chi connectivity index (χ2n) is 6.13. The summed E-state index contributed by atoms with van der Waals surface area (Å²) < 4.78 is 1.84. The SMILES string of the molecule is CCn1nc(C)c(C(=O)N2CCc3ccc(C(=O)O)cc3C2)c1C. The zero-order chi connectivity index (χ0) is 17.4. The minimum Gasteiger partial charge on any atom is -0.478 e. The van der Waals surface area contributed by atoms with Crippen molar-refractivity contribution in [3.8, 4) is 0 Å². The smallest absolute Gasteiger partial charge is 0.335 e. The van der Waals surface area contributed by atoms with E-state index in [1.165, 1.54) is 0 Å². The third kappa shape index (κ3) is 2.68. The highest BCUT2D eigenvalue weighted by atomic mass is 16.4. The fourth-order valence-corrected chi connectivity index (χ4v) is 3.34. The number of nitrogens with zero attached hydrogens (tertiary/aromatic N) is 3. The average Bonchev–Trinajstić information content (AvgIpc) is 2.86. The van der Waals surface area contributed by atoms with Gasteiger partial charge >= 0.3 is 5.97 Å². The number of amides is 1. The molecule has 6 heteroatoms. The van der Waals surface area contributed by atoms with Gasteiger partial charge in [-0.2, -0.15) is 5.10 Å². The molecule has 0 radical (unpaired) electrons. The van der Waals surface area contributed by atoms with Crippen molar-refractivity contribution in [2.45, 2.75) is 40.3 Å². The van der Waals surface area contributed by atoms with E-state index in [2.05, 4.69) is 5.10 Å². The van der Waals surface area contributed by atoms with Gasteiger partial charge in [-0.1, -0.05) is 6.07 Å². The van der Waals surface area contributed by atoms with Gasteiger partial charge in [0.2, 0.25) is 0 Å². The molecule has 0 saturated carbocycles. The van der Waals surface area contributed by atoms with Crippen LogP contribution >= 0.6 is 0 Å². The molecule has 0 saturated heterocycles. The molecule has 24 heavy (non-hydrogen) atoms. The van der Waals surface area contributed by atoms with Crippen molar-refractivity contribution in [1.82, 2.24) is 14.7 Å². The first-order valence-corrected chi connectivity index (χ1v) is 8.10. The Kier molecular flexibility index (Phi) is 4.13. The first kappa shape index (κ1) is 16.2. The van der Waals surface area contributed by atoms with E-state index in [-0.39, 0.29) is 11.5 Å². The van der Waals surface area contributed by atoms with Crippen LogP contribution in [0.2, 0.25) is 0 Å². The van der Waals surface area contributed by atoms with Crippen molar-refractivity contribution in [3.63, 3.8) is 0 Å². The summed E-state index contributed by atoms with van der Waals surface area (Å²) in [6.45, 7) is 7.56. The predicted octanol–water partition coefficient (Wildman–Crippen LogP) is 2.42. The maximum absolute atomic E-state index is 13.0. The van der Waals surface area contributed by atoms with Crippen molar-refractivity contribution in [1.29, 1.82) is 0 Å². The molecule has 3 rings (SSSR count). The summed E-state index contributed by atoms with van der Waals surface area (Å²) in [4.78, 5) is 25.9. The number of rotatable bonds is 3. The minimum absolute atomic E-state index is 0.0314. The summed E-state index contributed by atoms with van der Waals surface area (Å²) in [5, 5.41) is 13.6. The van der Waals surface area contributed by atoms with Crippen LogP contribution in [0.4, 0.5) is 0 Å². The Morgan fingerprint density at radius 3 is 2.62 bits per heavy atom. The molecule has 0 aliphatic carbocycles. The standard InChI is InChI=1S/C18H21N3O3/c1-4-21-12(3)16(11(2)19-21)17(22)20-8-7-13-5-6-14(18(23)24)9-15(13)10-20/h5-6,9H,4,7-8,10H2,1-3H3,(H,23,24). The fourth-order valence-electron chi connectivity index (χ4n) is 3.34. The Bertz CT molecular complexity index is 823. The topological polar surface area (TPSA) is 75.4 Å². The molecule has 1 aromatic carbocycles. The molecule has 126 valence electrons. The number of aromatic carboxylic acids is 1. The molecule has 1 amide bonds. The lowest BCUT2D eigenvalue weighted by Gasteiger charge is -2.29. The van der Waals surface area contributed by atoms with E-state index >= 15 is 0 Å². The van der Waals surface area contributed by atoms with Gasteiger partial charge in [0.1, 0.15) is 0 Å². The number of benzene rings is 1. The van der Waals surface area contributed by atoms with Gasteiger partial charge in [-0.3, -0.25) is 9.48 Å². The van der Waals surface area contributed by atoms with Crippen LogP contribution in [0.1, 0.15) is 50.2 Å². The normalized spacial score (nSPS) is 13.7. The third-order valence-electron chi connectivity index (χ3n) is 4.65. The minimum atomic E-state index is -0.947. The molecule has 1 N–H and O–H groups in total. The average molecular weight is 327 g/mol. The van der Waals surface area contributed by atoms with Crippen molar-refractivity contribution in [2.75, 3.05) is 6.54 Å². The second kappa shape index (κ2) is 6.11. The molecule has 1 aliphatic rings. The Hall–Kier alpha value is -2.63. The molecule has 2 aromatic rings. The predicted molar refractivity (Wildman–Crippen MR) is 89.2 cm³/mol. The van der Waals surface area contributed by atoms with E-state index in [1.54, 1.807) is 17.0 Å². The van der Waals surface area contributed by atoms with E-state index in [0.717, 1.165) is 35.5 Å². The number of carboxylic acid groups (broad SMARTS) is 1. The number of carbonyl (C=O) groups is 2. The monoisotopic (exact) mass is 327 g/mol. The van der Waals surface area contributed by atoms with Gasteiger partial charge in [-0.15, -0.1) is 0 Å². The lowest BCUT2D eigenvalue weighted by atomic mass is 9.96. The summed E-state index contributed by atoms with van der Waals surface area (Å²) in [6, 6.07) is 5.15. The van der Waals surface area contributed by atoms with Gasteiger partial charge in [-0.25, -0.2) is 4.79 Å². The van der Waals surface area contributed by atoms with Crippen LogP contribution in [0.15, 0.2) is 18.2 Å². The molecule has 2 heterocycles. The Morgan fingerprint density at radius 2 is 2.00 bits per heavy atom. The van der Waals surface area contributed by atoms with Crippen LogP contribution in [0.3, 0.4) is 0 Å². The largest absolute Gasteiger partial charge is 0.478 e. The van der Waals surface area contributed by atoms with Crippen molar-refractivity contribution < 1.29 is 14.7 Å². The zero-order valence-corrected chi connectivity index (χ0v) is 14.2. The van der Waals surface area contributed by atoms with E-state index in [1.807, 2.05) is 31.5 Å². The molecule has 0 unspecified atom stereocenters. The summed E-state index contributed by atoms with van der Waals surface area (Å²) in [5.41, 5.74) is 4.56. The van der Waals surface area contributed by atoms with E-state index in [9.17, 15) is 9.59 Å². The van der Waals surface area contributed by atoms with Crippen molar-refractivity contribution in [3.05, 3.63) is 51.8 Å². The molecule has 6 nitrogen and oxygen atoms in total. The highest BCUT2D eigenvalue weighted by Gasteiger charge is 2.27. The van der Waals surface area contributed by atoms with Crippen LogP contribution < -0.4 is 0 Å². The first-order chi connectivity index (χ1) is 11.4. The molecule has 0 atom stereocenters. The summed E-state index contributed by atoms with van der Waals surface area (Å²) >= 11 is 0. The molecule has 1 aliphatic heterocycles.